The molecule has 3 heteroatoms. The van der Waals surface area contributed by atoms with Crippen LogP contribution in [0.4, 0.5) is 0 Å². The average Bonchev–Trinajstić information content (AvgIpc) is 2.47. The predicted octanol–water partition coefficient (Wildman–Crippen LogP) is 2.61. The Kier molecular flexibility index (Phi) is 5.41. The van der Waals surface area contributed by atoms with Crippen molar-refractivity contribution >= 4 is 5.91 Å². The van der Waals surface area contributed by atoms with E-state index in [1.54, 1.807) is 0 Å². The lowest BCUT2D eigenvalue weighted by Gasteiger charge is -2.27. The average molecular weight is 284 g/mol. The van der Waals surface area contributed by atoms with Gasteiger partial charge < -0.3 is 11.1 Å². The molecule has 0 spiro atoms. The fourth-order valence-corrected chi connectivity index (χ4v) is 2.77. The lowest BCUT2D eigenvalue weighted by Crippen LogP contribution is -2.37. The molecule has 1 aromatic carbocycles. The molecule has 0 radical (unpaired) electrons. The van der Waals surface area contributed by atoms with Crippen LogP contribution in [0.25, 0.3) is 0 Å². The summed E-state index contributed by atoms with van der Waals surface area (Å²) in [5.41, 5.74) is 7.94. The minimum Gasteiger partial charge on any atom is -0.349 e. The first-order valence-corrected chi connectivity index (χ1v) is 7.70. The summed E-state index contributed by atoms with van der Waals surface area (Å²) in [5, 5.41) is 3.15. The zero-order chi connectivity index (χ0) is 15.2. The van der Waals surface area contributed by atoms with Crippen LogP contribution in [-0.2, 0) is 0 Å². The third-order valence-electron chi connectivity index (χ3n) is 4.10. The van der Waals surface area contributed by atoms with E-state index in [0.717, 1.165) is 29.9 Å². The monoisotopic (exact) mass is 284 g/mol. The van der Waals surface area contributed by atoms with E-state index in [4.69, 9.17) is 5.73 Å². The van der Waals surface area contributed by atoms with Crippen molar-refractivity contribution in [2.24, 2.45) is 11.7 Å². The van der Waals surface area contributed by atoms with Gasteiger partial charge >= 0.3 is 0 Å². The van der Waals surface area contributed by atoms with Gasteiger partial charge in [0.25, 0.3) is 5.91 Å². The molecule has 1 fully saturated rings. The molecule has 1 aliphatic carbocycles. The van der Waals surface area contributed by atoms with Gasteiger partial charge in [0.2, 0.25) is 0 Å². The van der Waals surface area contributed by atoms with E-state index in [1.165, 1.54) is 12.8 Å². The number of amides is 1. The molecule has 0 unspecified atom stereocenters. The third kappa shape index (κ3) is 4.34. The Hall–Kier alpha value is -1.79. The summed E-state index contributed by atoms with van der Waals surface area (Å²) < 4.78 is 0. The number of hydrogen-bond acceptors (Lipinski definition) is 2. The van der Waals surface area contributed by atoms with Gasteiger partial charge in [-0.05, 0) is 56.2 Å². The van der Waals surface area contributed by atoms with Crippen molar-refractivity contribution < 1.29 is 4.79 Å². The predicted molar refractivity (Wildman–Crippen MR) is 86.0 cm³/mol. The number of nitrogens with one attached hydrogen (secondary N) is 1. The van der Waals surface area contributed by atoms with Crippen molar-refractivity contribution in [1.29, 1.82) is 0 Å². The highest BCUT2D eigenvalue weighted by molar-refractivity contribution is 5.97. The number of rotatable bonds is 2. The van der Waals surface area contributed by atoms with Crippen LogP contribution in [0.15, 0.2) is 18.2 Å². The molecule has 21 heavy (non-hydrogen) atoms. The van der Waals surface area contributed by atoms with E-state index in [2.05, 4.69) is 24.1 Å². The molecule has 112 valence electrons. The van der Waals surface area contributed by atoms with E-state index < -0.39 is 0 Å². The first-order valence-electron chi connectivity index (χ1n) is 7.70. The highest BCUT2D eigenvalue weighted by atomic mass is 16.1. The molecule has 0 atom stereocenters. The fourth-order valence-electron chi connectivity index (χ4n) is 2.77. The van der Waals surface area contributed by atoms with Crippen molar-refractivity contribution in [2.75, 3.05) is 6.54 Å². The second-order valence-corrected chi connectivity index (χ2v) is 5.99. The standard InChI is InChI=1S/C18H24N2O/c1-13-5-8-16(9-6-13)20-18(21)17-10-7-14(2)12-15(17)4-3-11-19/h7,10,12-13,16H,5-6,8-9,11,19H2,1-2H3,(H,20,21). The van der Waals surface area contributed by atoms with Crippen molar-refractivity contribution in [3.8, 4) is 11.8 Å². The highest BCUT2D eigenvalue weighted by Crippen LogP contribution is 2.24. The van der Waals surface area contributed by atoms with E-state index in [1.807, 2.05) is 25.1 Å². The summed E-state index contributed by atoms with van der Waals surface area (Å²) in [5.74, 6) is 6.60. The quantitative estimate of drug-likeness (QED) is 0.820. The van der Waals surface area contributed by atoms with Crippen LogP contribution < -0.4 is 11.1 Å². The lowest BCUT2D eigenvalue weighted by atomic mass is 9.87. The van der Waals surface area contributed by atoms with Crippen LogP contribution >= 0.6 is 0 Å². The minimum absolute atomic E-state index is 0.0177. The van der Waals surface area contributed by atoms with Crippen LogP contribution in [0.1, 0.15) is 54.1 Å². The summed E-state index contributed by atoms with van der Waals surface area (Å²) in [6.45, 7) is 4.58. The minimum atomic E-state index is -0.0177. The molecule has 1 saturated carbocycles. The summed E-state index contributed by atoms with van der Waals surface area (Å²) >= 11 is 0. The topological polar surface area (TPSA) is 55.1 Å². The fraction of sp³-hybridized carbons (Fsp3) is 0.500. The Bertz CT molecular complexity index is 560. The Balaban J connectivity index is 2.11. The van der Waals surface area contributed by atoms with Crippen molar-refractivity contribution in [3.05, 3.63) is 34.9 Å². The van der Waals surface area contributed by atoms with Gasteiger partial charge in [-0.3, -0.25) is 4.79 Å². The molecule has 3 nitrogen and oxygen atoms in total. The Morgan fingerprint density at radius 3 is 2.71 bits per heavy atom. The van der Waals surface area contributed by atoms with E-state index >= 15 is 0 Å². The Morgan fingerprint density at radius 2 is 2.05 bits per heavy atom. The zero-order valence-corrected chi connectivity index (χ0v) is 12.9. The maximum atomic E-state index is 12.5. The first-order chi connectivity index (χ1) is 10.1. The third-order valence-corrected chi connectivity index (χ3v) is 4.10. The highest BCUT2D eigenvalue weighted by Gasteiger charge is 2.21. The molecule has 1 amide bonds. The molecule has 0 bridgehead atoms. The molecule has 0 heterocycles. The van der Waals surface area contributed by atoms with Crippen molar-refractivity contribution in [1.82, 2.24) is 5.32 Å². The van der Waals surface area contributed by atoms with Crippen LogP contribution in [0.2, 0.25) is 0 Å². The molecular weight excluding hydrogens is 260 g/mol. The molecule has 0 saturated heterocycles. The van der Waals surface area contributed by atoms with E-state index in [0.29, 0.717) is 18.2 Å². The lowest BCUT2D eigenvalue weighted by molar-refractivity contribution is 0.0923. The Labute approximate surface area is 127 Å². The number of carbonyl (C=O) groups is 1. The van der Waals surface area contributed by atoms with Crippen LogP contribution in [0, 0.1) is 24.7 Å². The van der Waals surface area contributed by atoms with Crippen LogP contribution in [-0.4, -0.2) is 18.5 Å². The summed E-state index contributed by atoms with van der Waals surface area (Å²) in [6.07, 6.45) is 4.53. The number of carbonyl (C=O) groups excluding carboxylic acids is 1. The van der Waals surface area contributed by atoms with Crippen LogP contribution in [0.5, 0.6) is 0 Å². The SMILES string of the molecule is Cc1ccc(C(=O)NC2CCC(C)CC2)c(C#CCN)c1. The van der Waals surface area contributed by atoms with E-state index in [9.17, 15) is 4.79 Å². The second-order valence-electron chi connectivity index (χ2n) is 5.99. The van der Waals surface area contributed by atoms with Gasteiger partial charge in [0, 0.05) is 11.6 Å². The number of hydrogen-bond donors (Lipinski definition) is 2. The molecule has 0 aliphatic heterocycles. The molecule has 3 N–H and O–H groups in total. The normalized spacial score (nSPS) is 21.3. The summed E-state index contributed by atoms with van der Waals surface area (Å²) in [4.78, 5) is 12.5. The van der Waals surface area contributed by atoms with Gasteiger partial charge in [-0.15, -0.1) is 0 Å². The molecule has 1 aliphatic rings. The van der Waals surface area contributed by atoms with Crippen molar-refractivity contribution in [3.63, 3.8) is 0 Å². The van der Waals surface area contributed by atoms with Gasteiger partial charge in [0.1, 0.15) is 0 Å². The van der Waals surface area contributed by atoms with Gasteiger partial charge in [-0.2, -0.15) is 0 Å². The number of benzene rings is 1. The smallest absolute Gasteiger partial charge is 0.252 e. The molecule has 0 aromatic heterocycles. The number of aryl methyl sites for hydroxylation is 1. The van der Waals surface area contributed by atoms with Gasteiger partial charge in [0.15, 0.2) is 0 Å². The second kappa shape index (κ2) is 7.28. The zero-order valence-electron chi connectivity index (χ0n) is 12.9. The van der Waals surface area contributed by atoms with E-state index in [-0.39, 0.29) is 5.91 Å². The van der Waals surface area contributed by atoms with Gasteiger partial charge in [-0.1, -0.05) is 24.8 Å². The number of nitrogens with two attached hydrogens (primary N) is 1. The van der Waals surface area contributed by atoms with Gasteiger partial charge in [0.05, 0.1) is 12.1 Å². The molecule has 1 aromatic rings. The van der Waals surface area contributed by atoms with Crippen LogP contribution in [0.3, 0.4) is 0 Å². The maximum absolute atomic E-state index is 12.5. The van der Waals surface area contributed by atoms with Crippen molar-refractivity contribution in [2.45, 2.75) is 45.6 Å². The maximum Gasteiger partial charge on any atom is 0.252 e. The molecular formula is C18H24N2O. The summed E-state index contributed by atoms with van der Waals surface area (Å²) in [7, 11) is 0. The summed E-state index contributed by atoms with van der Waals surface area (Å²) in [6, 6.07) is 6.05. The Morgan fingerprint density at radius 1 is 1.33 bits per heavy atom. The van der Waals surface area contributed by atoms with Gasteiger partial charge in [-0.25, -0.2) is 0 Å². The largest absolute Gasteiger partial charge is 0.349 e. The molecule has 2 rings (SSSR count). The first kappa shape index (κ1) is 15.6.